The van der Waals surface area contributed by atoms with Crippen LogP contribution in [-0.2, 0) is 21.9 Å². The van der Waals surface area contributed by atoms with E-state index in [4.69, 9.17) is 0 Å². The Morgan fingerprint density at radius 2 is 2.14 bits per heavy atom. The summed E-state index contributed by atoms with van der Waals surface area (Å²) >= 11 is 1.35. The lowest BCUT2D eigenvalue weighted by atomic mass is 10.2. The fourth-order valence-corrected chi connectivity index (χ4v) is 4.68. The van der Waals surface area contributed by atoms with Crippen LogP contribution in [0.4, 0.5) is 0 Å². The second kappa shape index (κ2) is 5.58. The van der Waals surface area contributed by atoms with E-state index < -0.39 is 22.0 Å². The van der Waals surface area contributed by atoms with Crippen LogP contribution in [0.15, 0.2) is 23.4 Å². The first kappa shape index (κ1) is 15.7. The van der Waals surface area contributed by atoms with Gasteiger partial charge < -0.3 is 5.11 Å². The molecular formula is C12H15N3O4S2. The number of hydrogen-bond donors (Lipinski definition) is 2. The van der Waals surface area contributed by atoms with Crippen LogP contribution in [-0.4, -0.2) is 29.3 Å². The smallest absolute Gasteiger partial charge is 0.326 e. The van der Waals surface area contributed by atoms with Gasteiger partial charge in [-0.1, -0.05) is 0 Å². The number of hydrogen-bond acceptors (Lipinski definition) is 5. The number of carboxylic acid groups (broad SMARTS) is 1. The summed E-state index contributed by atoms with van der Waals surface area (Å²) in [5, 5.41) is 13.1. The van der Waals surface area contributed by atoms with Gasteiger partial charge in [0.15, 0.2) is 0 Å². The van der Waals surface area contributed by atoms with Crippen LogP contribution in [0.5, 0.6) is 0 Å². The van der Waals surface area contributed by atoms with E-state index in [9.17, 15) is 18.3 Å². The van der Waals surface area contributed by atoms with Crippen LogP contribution >= 0.6 is 11.3 Å². The Balaban J connectivity index is 2.37. The van der Waals surface area contributed by atoms with Crippen LogP contribution in [0, 0.1) is 13.8 Å². The molecule has 114 valence electrons. The molecule has 0 aromatic carbocycles. The summed E-state index contributed by atoms with van der Waals surface area (Å²) in [6, 6.07) is 0.160. The highest BCUT2D eigenvalue weighted by atomic mass is 32.2. The molecule has 2 aromatic heterocycles. The Hall–Kier alpha value is -1.71. The minimum absolute atomic E-state index is 0.111. The fourth-order valence-electron chi connectivity index (χ4n) is 1.94. The second-order valence-corrected chi connectivity index (χ2v) is 7.76. The fraction of sp³-hybridized carbons (Fsp3) is 0.333. The van der Waals surface area contributed by atoms with Crippen LogP contribution in [0.1, 0.15) is 21.4 Å². The van der Waals surface area contributed by atoms with Crippen molar-refractivity contribution in [3.05, 3.63) is 33.8 Å². The molecule has 2 N–H and O–H groups in total. The van der Waals surface area contributed by atoms with Crippen molar-refractivity contribution in [3.63, 3.8) is 0 Å². The minimum Gasteiger partial charge on any atom is -0.480 e. The Bertz CT molecular complexity index is 776. The van der Waals surface area contributed by atoms with E-state index in [0.717, 1.165) is 4.88 Å². The average Bonchev–Trinajstić information content (AvgIpc) is 2.92. The molecule has 0 amide bonds. The molecule has 21 heavy (non-hydrogen) atoms. The maximum absolute atomic E-state index is 12.4. The average molecular weight is 329 g/mol. The number of sulfonamides is 1. The van der Waals surface area contributed by atoms with Gasteiger partial charge in [0.05, 0.1) is 11.1 Å². The summed E-state index contributed by atoms with van der Waals surface area (Å²) in [5.74, 6) is -1.28. The summed E-state index contributed by atoms with van der Waals surface area (Å²) < 4.78 is 28.4. The molecule has 1 unspecified atom stereocenters. The van der Waals surface area contributed by atoms with Crippen LogP contribution < -0.4 is 4.72 Å². The first-order valence-corrected chi connectivity index (χ1v) is 8.31. The highest BCUT2D eigenvalue weighted by Crippen LogP contribution is 2.26. The minimum atomic E-state index is -3.91. The van der Waals surface area contributed by atoms with E-state index in [2.05, 4.69) is 9.82 Å². The van der Waals surface area contributed by atoms with Gasteiger partial charge in [-0.25, -0.2) is 8.42 Å². The van der Waals surface area contributed by atoms with Gasteiger partial charge in [0.2, 0.25) is 10.0 Å². The molecule has 0 spiro atoms. The zero-order valence-electron chi connectivity index (χ0n) is 11.7. The molecule has 0 fully saturated rings. The largest absolute Gasteiger partial charge is 0.480 e. The molecule has 0 aliphatic rings. The SMILES string of the molecule is Cc1cc(S(=O)(=O)NC(C(=O)O)c2cnn(C)c2)c(C)s1. The third-order valence-corrected chi connectivity index (χ3v) is 5.51. The molecule has 1 atom stereocenters. The number of carboxylic acids is 1. The first-order chi connectivity index (χ1) is 9.70. The van der Waals surface area contributed by atoms with Crippen molar-refractivity contribution in [1.82, 2.24) is 14.5 Å². The van der Waals surface area contributed by atoms with E-state index in [1.165, 1.54) is 34.5 Å². The van der Waals surface area contributed by atoms with Crippen LogP contribution in [0.25, 0.3) is 0 Å². The van der Waals surface area contributed by atoms with Crippen molar-refractivity contribution >= 4 is 27.3 Å². The lowest BCUT2D eigenvalue weighted by molar-refractivity contribution is -0.139. The van der Waals surface area contributed by atoms with Gasteiger partial charge in [-0.05, 0) is 19.9 Å². The van der Waals surface area contributed by atoms with Gasteiger partial charge in [0.1, 0.15) is 6.04 Å². The molecule has 0 saturated heterocycles. The molecule has 0 saturated carbocycles. The maximum atomic E-state index is 12.4. The van der Waals surface area contributed by atoms with Crippen molar-refractivity contribution in [2.75, 3.05) is 0 Å². The molecule has 0 bridgehead atoms. The summed E-state index contributed by atoms with van der Waals surface area (Å²) in [7, 11) is -2.28. The lowest BCUT2D eigenvalue weighted by Gasteiger charge is -2.13. The van der Waals surface area contributed by atoms with Gasteiger partial charge in [-0.15, -0.1) is 11.3 Å². The van der Waals surface area contributed by atoms with Crippen molar-refractivity contribution in [2.24, 2.45) is 7.05 Å². The Morgan fingerprint density at radius 3 is 2.57 bits per heavy atom. The monoisotopic (exact) mass is 329 g/mol. The Kier molecular flexibility index (Phi) is 4.17. The topological polar surface area (TPSA) is 101 Å². The number of thiophene rings is 1. The predicted molar refractivity (Wildman–Crippen MR) is 77.7 cm³/mol. The molecule has 9 heteroatoms. The third kappa shape index (κ3) is 3.31. The van der Waals surface area contributed by atoms with Gasteiger partial charge in [0.25, 0.3) is 0 Å². The molecule has 0 radical (unpaired) electrons. The Labute approximate surface area is 126 Å². The highest BCUT2D eigenvalue weighted by molar-refractivity contribution is 7.89. The molecule has 2 rings (SSSR count). The van der Waals surface area contributed by atoms with Crippen molar-refractivity contribution < 1.29 is 18.3 Å². The number of rotatable bonds is 5. The first-order valence-electron chi connectivity index (χ1n) is 6.01. The van der Waals surface area contributed by atoms with Gasteiger partial charge in [-0.3, -0.25) is 9.48 Å². The maximum Gasteiger partial charge on any atom is 0.326 e. The summed E-state index contributed by atoms with van der Waals surface area (Å²) in [6.07, 6.45) is 2.79. The van der Waals surface area contributed by atoms with E-state index in [0.29, 0.717) is 4.88 Å². The zero-order chi connectivity index (χ0) is 15.8. The predicted octanol–water partition coefficient (Wildman–Crippen LogP) is 1.20. The number of carbonyl (C=O) groups is 1. The molecule has 0 aliphatic heterocycles. The number of nitrogens with zero attached hydrogens (tertiary/aromatic N) is 2. The standard InChI is InChI=1S/C12H15N3O4S2/c1-7-4-10(8(2)20-7)21(18,19)14-11(12(16)17)9-5-13-15(3)6-9/h4-6,11,14H,1-3H3,(H,16,17). The number of aryl methyl sites for hydroxylation is 3. The van der Waals surface area contributed by atoms with Crippen LogP contribution in [0.2, 0.25) is 0 Å². The van der Waals surface area contributed by atoms with E-state index in [1.807, 2.05) is 0 Å². The zero-order valence-corrected chi connectivity index (χ0v) is 13.3. The third-order valence-electron chi connectivity index (χ3n) is 2.86. The molecule has 0 aliphatic carbocycles. The summed E-state index contributed by atoms with van der Waals surface area (Å²) in [6.45, 7) is 3.48. The quantitative estimate of drug-likeness (QED) is 0.858. The second-order valence-electron chi connectivity index (χ2n) is 4.62. The molecular weight excluding hydrogens is 314 g/mol. The molecule has 2 heterocycles. The van der Waals surface area contributed by atoms with Gasteiger partial charge in [-0.2, -0.15) is 9.82 Å². The Morgan fingerprint density at radius 1 is 1.48 bits per heavy atom. The van der Waals surface area contributed by atoms with E-state index >= 15 is 0 Å². The lowest BCUT2D eigenvalue weighted by Crippen LogP contribution is -2.33. The van der Waals surface area contributed by atoms with Crippen molar-refractivity contribution in [3.8, 4) is 0 Å². The summed E-state index contributed by atoms with van der Waals surface area (Å²) in [5.41, 5.74) is 0.276. The number of nitrogens with one attached hydrogen (secondary N) is 1. The number of aromatic nitrogens is 2. The summed E-state index contributed by atoms with van der Waals surface area (Å²) in [4.78, 5) is 12.9. The van der Waals surface area contributed by atoms with Gasteiger partial charge >= 0.3 is 5.97 Å². The molecule has 2 aromatic rings. The van der Waals surface area contributed by atoms with Crippen molar-refractivity contribution in [1.29, 1.82) is 0 Å². The molecule has 7 nitrogen and oxygen atoms in total. The van der Waals surface area contributed by atoms with Gasteiger partial charge in [0, 0.05) is 28.6 Å². The van der Waals surface area contributed by atoms with Crippen molar-refractivity contribution in [2.45, 2.75) is 24.8 Å². The highest BCUT2D eigenvalue weighted by Gasteiger charge is 2.29. The van der Waals surface area contributed by atoms with E-state index in [1.54, 1.807) is 20.9 Å². The normalized spacial score (nSPS) is 13.3. The van der Waals surface area contributed by atoms with E-state index in [-0.39, 0.29) is 10.5 Å². The van der Waals surface area contributed by atoms with Crippen LogP contribution in [0.3, 0.4) is 0 Å². The number of aliphatic carboxylic acids is 1.